The molecule has 0 aliphatic carbocycles. The van der Waals surface area contributed by atoms with E-state index >= 15 is 0 Å². The number of carbonyl (C=O) groups is 2. The van der Waals surface area contributed by atoms with Crippen LogP contribution in [0.1, 0.15) is 13.8 Å². The van der Waals surface area contributed by atoms with E-state index in [9.17, 15) is 9.59 Å². The van der Waals surface area contributed by atoms with Crippen molar-refractivity contribution in [2.24, 2.45) is 10.9 Å². The summed E-state index contributed by atoms with van der Waals surface area (Å²) >= 11 is 6.15. The van der Waals surface area contributed by atoms with Crippen molar-refractivity contribution in [3.05, 3.63) is 29.3 Å². The van der Waals surface area contributed by atoms with Crippen molar-refractivity contribution < 1.29 is 14.2 Å². The Balaban J connectivity index is 1.51. The van der Waals surface area contributed by atoms with E-state index in [4.69, 9.17) is 16.6 Å². The van der Waals surface area contributed by atoms with Gasteiger partial charge in [0.2, 0.25) is 0 Å². The molecule has 2 saturated heterocycles. The number of anilines is 1. The number of amides is 3. The standard InChI is InChI=1S/C22H30ClN6O2/c1-15(2)13-29-18(24-20-19(29)21(30)26(4)22(31)25(20)3)14-27-8-10-28(11-9-27)17-7-5-6-16(23)12-17/h5-7,12,15,19H,8-11,13-14H2,1-4H3/q+1. The molecule has 0 saturated carbocycles. The van der Waals surface area contributed by atoms with Gasteiger partial charge in [-0.25, -0.2) is 9.37 Å². The predicted molar refractivity (Wildman–Crippen MR) is 122 cm³/mol. The highest BCUT2D eigenvalue weighted by Crippen LogP contribution is 2.22. The zero-order chi connectivity index (χ0) is 22.3. The Morgan fingerprint density at radius 2 is 1.84 bits per heavy atom. The van der Waals surface area contributed by atoms with E-state index in [0.717, 1.165) is 49.3 Å². The van der Waals surface area contributed by atoms with Crippen molar-refractivity contribution in [1.29, 1.82) is 0 Å². The average Bonchev–Trinajstić information content (AvgIpc) is 3.08. The van der Waals surface area contributed by atoms with Crippen LogP contribution in [-0.2, 0) is 4.79 Å². The summed E-state index contributed by atoms with van der Waals surface area (Å²) in [4.78, 5) is 37.5. The Bertz CT molecular complexity index is 951. The quantitative estimate of drug-likeness (QED) is 0.649. The first kappa shape index (κ1) is 21.8. The van der Waals surface area contributed by atoms with Gasteiger partial charge in [0.1, 0.15) is 6.54 Å². The van der Waals surface area contributed by atoms with Crippen LogP contribution in [0.2, 0.25) is 5.02 Å². The van der Waals surface area contributed by atoms with Crippen LogP contribution in [0.3, 0.4) is 0 Å². The predicted octanol–water partition coefficient (Wildman–Crippen LogP) is 1.83. The molecule has 3 amide bonds. The number of hydrogen-bond donors (Lipinski definition) is 0. The molecule has 1 unspecified atom stereocenters. The van der Waals surface area contributed by atoms with Crippen molar-refractivity contribution in [2.45, 2.75) is 19.9 Å². The van der Waals surface area contributed by atoms with Crippen molar-refractivity contribution in [3.63, 3.8) is 0 Å². The van der Waals surface area contributed by atoms with Crippen molar-refractivity contribution >= 4 is 40.9 Å². The zero-order valence-corrected chi connectivity index (χ0v) is 19.3. The molecular weight excluding hydrogens is 416 g/mol. The minimum Gasteiger partial charge on any atom is -0.369 e. The summed E-state index contributed by atoms with van der Waals surface area (Å²) in [6, 6.07) is 7.10. The molecule has 1 aromatic carbocycles. The Kier molecular flexibility index (Phi) is 6.03. The third-order valence-corrected chi connectivity index (χ3v) is 6.32. The maximum atomic E-state index is 12.9. The van der Waals surface area contributed by atoms with Crippen LogP contribution in [-0.4, -0.2) is 102 Å². The number of amidine groups is 2. The highest BCUT2D eigenvalue weighted by molar-refractivity contribution is 6.30. The number of nitrogens with zero attached hydrogens (tertiary/aromatic N) is 6. The molecule has 166 valence electrons. The molecule has 4 rings (SSSR count). The third-order valence-electron chi connectivity index (χ3n) is 6.09. The van der Waals surface area contributed by atoms with Crippen LogP contribution in [0.15, 0.2) is 29.3 Å². The molecule has 3 aliphatic heterocycles. The highest BCUT2D eigenvalue weighted by Gasteiger charge is 2.53. The van der Waals surface area contributed by atoms with E-state index in [0.29, 0.717) is 18.3 Å². The average molecular weight is 446 g/mol. The fraction of sp³-hybridized carbons (Fsp3) is 0.545. The number of hydrogen-bond acceptors (Lipinski definition) is 5. The van der Waals surface area contributed by atoms with Crippen LogP contribution in [0.25, 0.3) is 0 Å². The number of imide groups is 1. The number of halogens is 1. The van der Waals surface area contributed by atoms with Crippen LogP contribution in [0, 0.1) is 5.92 Å². The van der Waals surface area contributed by atoms with Gasteiger partial charge in [-0.15, -0.1) is 0 Å². The number of urea groups is 1. The zero-order valence-electron chi connectivity index (χ0n) is 18.6. The number of fused-ring (bicyclic) bond motifs is 1. The first-order chi connectivity index (χ1) is 14.8. The lowest BCUT2D eigenvalue weighted by atomic mass is 10.1. The largest absolute Gasteiger partial charge is 0.369 e. The van der Waals surface area contributed by atoms with Crippen molar-refractivity contribution in [2.75, 3.05) is 58.3 Å². The van der Waals surface area contributed by atoms with Gasteiger partial charge in [-0.1, -0.05) is 31.5 Å². The molecule has 9 heteroatoms. The number of rotatable bonds is 5. The summed E-state index contributed by atoms with van der Waals surface area (Å²) in [6.07, 6.45) is 0. The van der Waals surface area contributed by atoms with Crippen LogP contribution >= 0.6 is 11.6 Å². The molecule has 0 radical (unpaired) electrons. The normalized spacial score (nSPS) is 22.6. The van der Waals surface area contributed by atoms with E-state index in [1.807, 2.05) is 18.2 Å². The Hall–Kier alpha value is -2.45. The molecule has 31 heavy (non-hydrogen) atoms. The Labute approximate surface area is 188 Å². The maximum absolute atomic E-state index is 12.9. The fourth-order valence-corrected chi connectivity index (χ4v) is 4.60. The van der Waals surface area contributed by atoms with E-state index in [1.54, 1.807) is 14.1 Å². The van der Waals surface area contributed by atoms with Gasteiger partial charge in [0.05, 0.1) is 6.54 Å². The summed E-state index contributed by atoms with van der Waals surface area (Å²) in [5.41, 5.74) is 1.14. The number of piperazine rings is 1. The molecule has 3 heterocycles. The highest BCUT2D eigenvalue weighted by atomic mass is 35.5. The van der Waals surface area contributed by atoms with Gasteiger partial charge < -0.3 is 4.90 Å². The number of likely N-dealkylation sites (N-methyl/N-ethyl adjacent to an activating group) is 2. The van der Waals surface area contributed by atoms with Crippen LogP contribution < -0.4 is 4.90 Å². The second-order valence-electron chi connectivity index (χ2n) is 8.82. The van der Waals surface area contributed by atoms with Crippen LogP contribution in [0.4, 0.5) is 10.5 Å². The number of carbonyl (C=O) groups excluding carboxylic acids is 2. The van der Waals surface area contributed by atoms with Gasteiger partial charge in [-0.2, -0.15) is 0 Å². The molecular formula is C22H30ClN6O2+. The minimum atomic E-state index is -0.516. The van der Waals surface area contributed by atoms with Gasteiger partial charge in [0.25, 0.3) is 17.8 Å². The van der Waals surface area contributed by atoms with Crippen LogP contribution in [0.5, 0.6) is 0 Å². The first-order valence-electron chi connectivity index (χ1n) is 10.8. The molecule has 1 atom stereocenters. The summed E-state index contributed by atoms with van der Waals surface area (Å²) in [6.45, 7) is 9.23. The lowest BCUT2D eigenvalue weighted by molar-refractivity contribution is -0.542. The lowest BCUT2D eigenvalue weighted by Crippen LogP contribution is -2.61. The lowest BCUT2D eigenvalue weighted by Gasteiger charge is -2.35. The number of aliphatic imine (C=N–C) groups is 1. The minimum absolute atomic E-state index is 0.205. The molecule has 3 aliphatic rings. The van der Waals surface area contributed by atoms with Crippen molar-refractivity contribution in [3.8, 4) is 0 Å². The van der Waals surface area contributed by atoms with E-state index in [1.165, 1.54) is 9.80 Å². The van der Waals surface area contributed by atoms with E-state index < -0.39 is 6.04 Å². The molecule has 0 N–H and O–H groups in total. The SMILES string of the molecule is CC(C)C[N+]1=C(CN2CCN(c3cccc(Cl)c3)CC2)N=C2C1C(=O)N(C)C(=O)N2C. The van der Waals surface area contributed by atoms with Gasteiger partial charge in [0.15, 0.2) is 0 Å². The number of benzene rings is 1. The topological polar surface area (TPSA) is 62.5 Å². The van der Waals surface area contributed by atoms with Gasteiger partial charge in [0, 0.05) is 51.0 Å². The summed E-state index contributed by atoms with van der Waals surface area (Å²) in [5, 5.41) is 0.748. The van der Waals surface area contributed by atoms with E-state index in [2.05, 4.69) is 34.3 Å². The summed E-state index contributed by atoms with van der Waals surface area (Å²) < 4.78 is 2.09. The maximum Gasteiger partial charge on any atom is 0.333 e. The molecule has 0 bridgehead atoms. The molecule has 8 nitrogen and oxygen atoms in total. The first-order valence-corrected chi connectivity index (χ1v) is 11.1. The van der Waals surface area contributed by atoms with Gasteiger partial charge >= 0.3 is 11.9 Å². The van der Waals surface area contributed by atoms with Gasteiger partial charge in [-0.05, 0) is 29.1 Å². The molecule has 2 fully saturated rings. The second-order valence-corrected chi connectivity index (χ2v) is 9.25. The third kappa shape index (κ3) is 4.19. The molecule has 0 aromatic heterocycles. The Morgan fingerprint density at radius 3 is 2.48 bits per heavy atom. The molecule has 1 aromatic rings. The molecule has 0 spiro atoms. The van der Waals surface area contributed by atoms with Gasteiger partial charge in [-0.3, -0.25) is 19.5 Å². The summed E-state index contributed by atoms with van der Waals surface area (Å²) in [5.74, 6) is 1.57. The second kappa shape index (κ2) is 8.59. The fourth-order valence-electron chi connectivity index (χ4n) is 4.42. The van der Waals surface area contributed by atoms with Crippen molar-refractivity contribution in [1.82, 2.24) is 14.7 Å². The smallest absolute Gasteiger partial charge is 0.333 e. The Morgan fingerprint density at radius 1 is 1.13 bits per heavy atom. The van der Waals surface area contributed by atoms with E-state index in [-0.39, 0.29) is 11.9 Å². The summed E-state index contributed by atoms with van der Waals surface area (Å²) in [7, 11) is 3.23. The monoisotopic (exact) mass is 445 g/mol.